The number of ether oxygens (including phenoxy) is 2. The first-order chi connectivity index (χ1) is 9.71. The lowest BCUT2D eigenvalue weighted by Gasteiger charge is -2.10. The Bertz CT molecular complexity index is 464. The SMILES string of the molecule is CCCCOc1ccc(/C=N/NC(=S)NC)cc1OC. The first-order valence-electron chi connectivity index (χ1n) is 6.52. The minimum Gasteiger partial charge on any atom is -0.493 e. The number of benzene rings is 1. The quantitative estimate of drug-likeness (QED) is 0.350. The Balaban J connectivity index is 2.68. The van der Waals surface area contributed by atoms with E-state index in [-0.39, 0.29) is 0 Å². The zero-order valence-corrected chi connectivity index (χ0v) is 12.9. The van der Waals surface area contributed by atoms with Crippen LogP contribution in [0.25, 0.3) is 0 Å². The van der Waals surface area contributed by atoms with E-state index in [0.717, 1.165) is 24.2 Å². The van der Waals surface area contributed by atoms with Crippen molar-refractivity contribution in [1.82, 2.24) is 10.7 Å². The van der Waals surface area contributed by atoms with Gasteiger partial charge in [-0.2, -0.15) is 5.10 Å². The first-order valence-corrected chi connectivity index (χ1v) is 6.93. The van der Waals surface area contributed by atoms with Crippen LogP contribution in [0.1, 0.15) is 25.3 Å². The van der Waals surface area contributed by atoms with Crippen molar-refractivity contribution in [3.05, 3.63) is 23.8 Å². The summed E-state index contributed by atoms with van der Waals surface area (Å²) in [4.78, 5) is 0. The van der Waals surface area contributed by atoms with Gasteiger partial charge in [-0.15, -0.1) is 0 Å². The fraction of sp³-hybridized carbons (Fsp3) is 0.429. The van der Waals surface area contributed by atoms with Crippen LogP contribution in [-0.2, 0) is 0 Å². The van der Waals surface area contributed by atoms with Gasteiger partial charge in [-0.25, -0.2) is 0 Å². The molecular weight excluding hydrogens is 274 g/mol. The Hall–Kier alpha value is -1.82. The van der Waals surface area contributed by atoms with Crippen molar-refractivity contribution >= 4 is 23.5 Å². The predicted octanol–water partition coefficient (Wildman–Crippen LogP) is 2.30. The van der Waals surface area contributed by atoms with Gasteiger partial charge in [-0.1, -0.05) is 13.3 Å². The van der Waals surface area contributed by atoms with Crippen LogP contribution in [0.5, 0.6) is 11.5 Å². The molecule has 0 atom stereocenters. The number of hydrazone groups is 1. The van der Waals surface area contributed by atoms with Crippen LogP contribution in [-0.4, -0.2) is 32.1 Å². The van der Waals surface area contributed by atoms with Crippen LogP contribution in [0.4, 0.5) is 0 Å². The molecule has 0 aromatic heterocycles. The molecule has 0 aliphatic carbocycles. The highest BCUT2D eigenvalue weighted by Gasteiger charge is 2.04. The molecule has 0 spiro atoms. The number of nitrogens with one attached hydrogen (secondary N) is 2. The number of thiocarbonyl (C=S) groups is 1. The maximum Gasteiger partial charge on any atom is 0.186 e. The fourth-order valence-electron chi connectivity index (χ4n) is 1.43. The largest absolute Gasteiger partial charge is 0.493 e. The lowest BCUT2D eigenvalue weighted by atomic mass is 10.2. The van der Waals surface area contributed by atoms with Gasteiger partial charge in [0, 0.05) is 7.05 Å². The van der Waals surface area contributed by atoms with E-state index in [1.165, 1.54) is 0 Å². The van der Waals surface area contributed by atoms with Gasteiger partial charge in [-0.3, -0.25) is 5.43 Å². The van der Waals surface area contributed by atoms with Gasteiger partial charge in [0.2, 0.25) is 0 Å². The number of methoxy groups -OCH3 is 1. The lowest BCUT2D eigenvalue weighted by molar-refractivity contribution is 0.288. The maximum atomic E-state index is 5.67. The molecule has 1 rings (SSSR count). The van der Waals surface area contributed by atoms with E-state index in [1.807, 2.05) is 18.2 Å². The average molecular weight is 295 g/mol. The van der Waals surface area contributed by atoms with Crippen LogP contribution in [0.15, 0.2) is 23.3 Å². The van der Waals surface area contributed by atoms with Gasteiger partial charge in [0.1, 0.15) is 0 Å². The summed E-state index contributed by atoms with van der Waals surface area (Å²) < 4.78 is 11.0. The third kappa shape index (κ3) is 5.44. The number of rotatable bonds is 7. The lowest BCUT2D eigenvalue weighted by Crippen LogP contribution is -2.28. The summed E-state index contributed by atoms with van der Waals surface area (Å²) in [5.41, 5.74) is 3.59. The Morgan fingerprint density at radius 3 is 2.85 bits per heavy atom. The normalized spacial score (nSPS) is 10.3. The Kier molecular flexibility index (Phi) is 7.42. The summed E-state index contributed by atoms with van der Waals surface area (Å²) in [6.45, 7) is 2.82. The van der Waals surface area contributed by atoms with E-state index >= 15 is 0 Å². The smallest absolute Gasteiger partial charge is 0.186 e. The highest BCUT2D eigenvalue weighted by Crippen LogP contribution is 2.27. The van der Waals surface area contributed by atoms with Gasteiger partial charge in [-0.05, 0) is 42.4 Å². The molecule has 0 amide bonds. The molecule has 1 aromatic rings. The number of unbranched alkanes of at least 4 members (excludes halogenated alkanes) is 1. The molecule has 0 aliphatic rings. The van der Waals surface area contributed by atoms with Crippen molar-refractivity contribution in [2.75, 3.05) is 20.8 Å². The van der Waals surface area contributed by atoms with Crippen molar-refractivity contribution in [2.45, 2.75) is 19.8 Å². The van der Waals surface area contributed by atoms with Crippen LogP contribution in [0.3, 0.4) is 0 Å². The van der Waals surface area contributed by atoms with Crippen LogP contribution in [0, 0.1) is 0 Å². The summed E-state index contributed by atoms with van der Waals surface area (Å²) in [6, 6.07) is 5.67. The summed E-state index contributed by atoms with van der Waals surface area (Å²) in [6.07, 6.45) is 3.80. The van der Waals surface area contributed by atoms with Crippen molar-refractivity contribution in [1.29, 1.82) is 0 Å². The zero-order valence-electron chi connectivity index (χ0n) is 12.1. The fourth-order valence-corrected chi connectivity index (χ4v) is 1.48. The molecule has 0 heterocycles. The van der Waals surface area contributed by atoms with Crippen LogP contribution >= 0.6 is 12.2 Å². The molecule has 0 aliphatic heterocycles. The second-order valence-electron chi connectivity index (χ2n) is 4.06. The Labute approximate surface area is 125 Å². The van der Waals surface area contributed by atoms with E-state index in [2.05, 4.69) is 22.8 Å². The molecule has 0 saturated carbocycles. The van der Waals surface area contributed by atoms with Gasteiger partial charge in [0.25, 0.3) is 0 Å². The molecule has 0 bridgehead atoms. The third-order valence-electron chi connectivity index (χ3n) is 2.55. The molecular formula is C14H21N3O2S. The Morgan fingerprint density at radius 1 is 1.40 bits per heavy atom. The van der Waals surface area contributed by atoms with Crippen molar-refractivity contribution in [3.8, 4) is 11.5 Å². The highest BCUT2D eigenvalue weighted by molar-refractivity contribution is 7.80. The Morgan fingerprint density at radius 2 is 2.20 bits per heavy atom. The molecule has 6 heteroatoms. The molecule has 2 N–H and O–H groups in total. The van der Waals surface area contributed by atoms with Crippen molar-refractivity contribution < 1.29 is 9.47 Å². The molecule has 110 valence electrons. The topological polar surface area (TPSA) is 54.9 Å². The van der Waals surface area contributed by atoms with Gasteiger partial charge < -0.3 is 14.8 Å². The van der Waals surface area contributed by atoms with Crippen molar-refractivity contribution in [3.63, 3.8) is 0 Å². The summed E-state index contributed by atoms with van der Waals surface area (Å²) in [7, 11) is 3.35. The molecule has 20 heavy (non-hydrogen) atoms. The van der Waals surface area contributed by atoms with E-state index in [4.69, 9.17) is 21.7 Å². The van der Waals surface area contributed by atoms with E-state index in [0.29, 0.717) is 17.5 Å². The molecule has 0 fully saturated rings. The second-order valence-corrected chi connectivity index (χ2v) is 4.47. The van der Waals surface area contributed by atoms with E-state index in [9.17, 15) is 0 Å². The van der Waals surface area contributed by atoms with E-state index < -0.39 is 0 Å². The predicted molar refractivity (Wildman–Crippen MR) is 85.8 cm³/mol. The number of hydrogen-bond donors (Lipinski definition) is 2. The molecule has 0 radical (unpaired) electrons. The number of nitrogens with zero attached hydrogens (tertiary/aromatic N) is 1. The van der Waals surface area contributed by atoms with Gasteiger partial charge >= 0.3 is 0 Å². The summed E-state index contributed by atoms with van der Waals surface area (Å²) in [5, 5.41) is 7.26. The maximum absolute atomic E-state index is 5.67. The summed E-state index contributed by atoms with van der Waals surface area (Å²) >= 11 is 4.92. The monoisotopic (exact) mass is 295 g/mol. The minimum atomic E-state index is 0.465. The average Bonchev–Trinajstić information content (AvgIpc) is 2.48. The van der Waals surface area contributed by atoms with Crippen molar-refractivity contribution in [2.24, 2.45) is 5.10 Å². The zero-order chi connectivity index (χ0) is 14.8. The first kappa shape index (κ1) is 16.2. The highest BCUT2D eigenvalue weighted by atomic mass is 32.1. The molecule has 5 nitrogen and oxygen atoms in total. The molecule has 0 unspecified atom stereocenters. The summed E-state index contributed by atoms with van der Waals surface area (Å²) in [5.74, 6) is 1.44. The van der Waals surface area contributed by atoms with Gasteiger partial charge in [0.15, 0.2) is 16.6 Å². The minimum absolute atomic E-state index is 0.465. The van der Waals surface area contributed by atoms with Gasteiger partial charge in [0.05, 0.1) is 19.9 Å². The standard InChI is InChI=1S/C14H21N3O2S/c1-4-5-8-19-12-7-6-11(9-13(12)18-3)10-16-17-14(20)15-2/h6-7,9-10H,4-5,8H2,1-3H3,(H2,15,17,20)/b16-10+. The second kappa shape index (κ2) is 9.14. The molecule has 1 aromatic carbocycles. The molecule has 0 saturated heterocycles. The van der Waals surface area contributed by atoms with Crippen LogP contribution in [0.2, 0.25) is 0 Å². The van der Waals surface area contributed by atoms with E-state index in [1.54, 1.807) is 20.4 Å². The number of hydrogen-bond acceptors (Lipinski definition) is 4. The third-order valence-corrected chi connectivity index (χ3v) is 2.85. The van der Waals surface area contributed by atoms with Crippen LogP contribution < -0.4 is 20.2 Å².